The van der Waals surface area contributed by atoms with E-state index in [1.807, 2.05) is 30.3 Å². The van der Waals surface area contributed by atoms with Crippen LogP contribution in [0.3, 0.4) is 0 Å². The van der Waals surface area contributed by atoms with Crippen molar-refractivity contribution in [3.05, 3.63) is 35.9 Å². The van der Waals surface area contributed by atoms with Crippen molar-refractivity contribution in [2.45, 2.75) is 31.3 Å². The van der Waals surface area contributed by atoms with E-state index in [1.54, 1.807) is 0 Å². The van der Waals surface area contributed by atoms with Gasteiger partial charge >= 0.3 is 0 Å². The molecular weight excluding hydrogens is 262 g/mol. The van der Waals surface area contributed by atoms with E-state index in [9.17, 15) is 5.11 Å². The Bertz CT molecular complexity index is 425. The van der Waals surface area contributed by atoms with Crippen molar-refractivity contribution in [1.29, 1.82) is 0 Å². The summed E-state index contributed by atoms with van der Waals surface area (Å²) >= 11 is 0. The first-order valence-corrected chi connectivity index (χ1v) is 7.97. The van der Waals surface area contributed by atoms with Crippen LogP contribution in [0, 0.1) is 0 Å². The van der Waals surface area contributed by atoms with Gasteiger partial charge in [-0.2, -0.15) is 0 Å². The van der Waals surface area contributed by atoms with Crippen LogP contribution in [0.1, 0.15) is 25.3 Å². The highest BCUT2D eigenvalue weighted by molar-refractivity contribution is 5.24. The summed E-state index contributed by atoms with van der Waals surface area (Å²) in [6.07, 6.45) is 2.27. The third-order valence-electron chi connectivity index (χ3n) is 4.61. The molecule has 0 saturated carbocycles. The highest BCUT2D eigenvalue weighted by atomic mass is 16.3. The van der Waals surface area contributed by atoms with Gasteiger partial charge in [-0.15, -0.1) is 0 Å². The number of hydrogen-bond donors (Lipinski definition) is 2. The van der Waals surface area contributed by atoms with Crippen LogP contribution < -0.4 is 5.73 Å². The number of nitrogens with zero attached hydrogens (tertiary/aromatic N) is 2. The predicted molar refractivity (Wildman–Crippen MR) is 87.2 cm³/mol. The van der Waals surface area contributed by atoms with E-state index in [0.29, 0.717) is 12.6 Å². The topological polar surface area (TPSA) is 52.7 Å². The Balaban J connectivity index is 2.16. The minimum absolute atomic E-state index is 0.0280. The third kappa shape index (κ3) is 4.04. The predicted octanol–water partition coefficient (Wildman–Crippen LogP) is 1.25. The van der Waals surface area contributed by atoms with Gasteiger partial charge in [0.05, 0.1) is 12.1 Å². The molecule has 0 spiro atoms. The Hall–Kier alpha value is -0.940. The molecule has 118 valence electrons. The molecule has 2 atom stereocenters. The van der Waals surface area contributed by atoms with Crippen LogP contribution in [0.5, 0.6) is 0 Å². The fraction of sp³-hybridized carbons (Fsp3) is 0.647. The van der Waals surface area contributed by atoms with Crippen LogP contribution in [0.25, 0.3) is 0 Å². The molecule has 21 heavy (non-hydrogen) atoms. The lowest BCUT2D eigenvalue weighted by Gasteiger charge is -2.38. The minimum Gasteiger partial charge on any atom is -0.394 e. The monoisotopic (exact) mass is 291 g/mol. The highest BCUT2D eigenvalue weighted by Gasteiger charge is 2.32. The van der Waals surface area contributed by atoms with Crippen LogP contribution in [-0.2, 0) is 5.54 Å². The lowest BCUT2D eigenvalue weighted by atomic mass is 9.90. The van der Waals surface area contributed by atoms with Gasteiger partial charge in [-0.05, 0) is 38.5 Å². The quantitative estimate of drug-likeness (QED) is 0.857. The number of benzene rings is 1. The minimum atomic E-state index is -0.683. The van der Waals surface area contributed by atoms with Gasteiger partial charge in [0, 0.05) is 19.1 Å². The van der Waals surface area contributed by atoms with Gasteiger partial charge in [-0.25, -0.2) is 0 Å². The summed E-state index contributed by atoms with van der Waals surface area (Å²) in [6.45, 7) is 6.17. The zero-order valence-electron chi connectivity index (χ0n) is 13.3. The van der Waals surface area contributed by atoms with Crippen molar-refractivity contribution >= 4 is 0 Å². The molecule has 2 unspecified atom stereocenters. The van der Waals surface area contributed by atoms with Gasteiger partial charge in [-0.1, -0.05) is 37.3 Å². The van der Waals surface area contributed by atoms with Crippen molar-refractivity contribution < 1.29 is 5.11 Å². The summed E-state index contributed by atoms with van der Waals surface area (Å²) in [5.74, 6) is 0. The average molecular weight is 291 g/mol. The molecule has 0 aromatic heterocycles. The zero-order valence-corrected chi connectivity index (χ0v) is 13.3. The Kier molecular flexibility index (Phi) is 5.76. The molecule has 1 saturated heterocycles. The Morgan fingerprint density at radius 2 is 2.00 bits per heavy atom. The zero-order chi connectivity index (χ0) is 15.3. The fourth-order valence-electron chi connectivity index (χ4n) is 3.25. The Morgan fingerprint density at radius 1 is 1.29 bits per heavy atom. The summed E-state index contributed by atoms with van der Waals surface area (Å²) in [5.41, 5.74) is 6.88. The molecule has 1 heterocycles. The SMILES string of the molecule is CCC1CN(C)CCCN1CC(N)(CO)c1ccccc1. The molecule has 1 aromatic carbocycles. The number of aliphatic hydroxyl groups excluding tert-OH is 1. The molecule has 1 fully saturated rings. The maximum atomic E-state index is 9.89. The molecule has 0 bridgehead atoms. The summed E-state index contributed by atoms with van der Waals surface area (Å²) in [7, 11) is 2.19. The molecule has 1 aromatic rings. The third-order valence-corrected chi connectivity index (χ3v) is 4.61. The first-order valence-electron chi connectivity index (χ1n) is 7.97. The smallest absolute Gasteiger partial charge is 0.0773 e. The molecule has 2 rings (SSSR count). The van der Waals surface area contributed by atoms with E-state index in [2.05, 4.69) is 23.8 Å². The molecule has 1 aliphatic rings. The highest BCUT2D eigenvalue weighted by Crippen LogP contribution is 2.22. The summed E-state index contributed by atoms with van der Waals surface area (Å²) in [5, 5.41) is 9.89. The van der Waals surface area contributed by atoms with Crippen LogP contribution >= 0.6 is 0 Å². The van der Waals surface area contributed by atoms with E-state index in [-0.39, 0.29) is 6.61 Å². The molecule has 0 radical (unpaired) electrons. The van der Waals surface area contributed by atoms with Crippen LogP contribution in [0.4, 0.5) is 0 Å². The van der Waals surface area contributed by atoms with E-state index in [1.165, 1.54) is 0 Å². The number of likely N-dealkylation sites (N-methyl/N-ethyl adjacent to an activating group) is 1. The van der Waals surface area contributed by atoms with Gasteiger partial charge in [0.2, 0.25) is 0 Å². The molecule has 4 heteroatoms. The number of hydrogen-bond acceptors (Lipinski definition) is 4. The first-order chi connectivity index (χ1) is 10.1. The van der Waals surface area contributed by atoms with Crippen LogP contribution in [-0.4, -0.2) is 60.8 Å². The van der Waals surface area contributed by atoms with Crippen LogP contribution in [0.15, 0.2) is 30.3 Å². The summed E-state index contributed by atoms with van der Waals surface area (Å²) in [6, 6.07) is 10.5. The largest absolute Gasteiger partial charge is 0.394 e. The number of nitrogens with two attached hydrogens (primary N) is 1. The van der Waals surface area contributed by atoms with Gasteiger partial charge in [0.15, 0.2) is 0 Å². The van der Waals surface area contributed by atoms with Gasteiger partial charge in [-0.3, -0.25) is 4.90 Å². The van der Waals surface area contributed by atoms with E-state index < -0.39 is 5.54 Å². The molecule has 0 aliphatic carbocycles. The molecule has 4 nitrogen and oxygen atoms in total. The second-order valence-electron chi connectivity index (χ2n) is 6.33. The number of rotatable bonds is 5. The molecule has 3 N–H and O–H groups in total. The summed E-state index contributed by atoms with van der Waals surface area (Å²) in [4.78, 5) is 4.86. The van der Waals surface area contributed by atoms with Crippen molar-refractivity contribution in [3.8, 4) is 0 Å². The van der Waals surface area contributed by atoms with Crippen molar-refractivity contribution in [2.24, 2.45) is 5.73 Å². The standard InChI is InChI=1S/C17H29N3O/c1-3-16-12-19(2)10-7-11-20(16)13-17(18,14-21)15-8-5-4-6-9-15/h4-6,8-9,16,21H,3,7,10-14,18H2,1-2H3. The van der Waals surface area contributed by atoms with Crippen molar-refractivity contribution in [2.75, 3.05) is 39.8 Å². The van der Waals surface area contributed by atoms with Crippen molar-refractivity contribution in [3.63, 3.8) is 0 Å². The Morgan fingerprint density at radius 3 is 2.62 bits per heavy atom. The molecular formula is C17H29N3O. The van der Waals surface area contributed by atoms with Gasteiger partial charge < -0.3 is 15.7 Å². The second-order valence-corrected chi connectivity index (χ2v) is 6.33. The second kappa shape index (κ2) is 7.36. The van der Waals surface area contributed by atoms with E-state index in [0.717, 1.165) is 38.0 Å². The van der Waals surface area contributed by atoms with Crippen LogP contribution in [0.2, 0.25) is 0 Å². The normalized spacial score (nSPS) is 24.5. The lowest BCUT2D eigenvalue weighted by molar-refractivity contribution is 0.104. The van der Waals surface area contributed by atoms with E-state index >= 15 is 0 Å². The Labute approximate surface area is 128 Å². The maximum absolute atomic E-state index is 9.89. The maximum Gasteiger partial charge on any atom is 0.0773 e. The first kappa shape index (κ1) is 16.4. The van der Waals surface area contributed by atoms with Crippen molar-refractivity contribution in [1.82, 2.24) is 9.80 Å². The number of aliphatic hydroxyl groups is 1. The summed E-state index contributed by atoms with van der Waals surface area (Å²) < 4.78 is 0. The van der Waals surface area contributed by atoms with E-state index in [4.69, 9.17) is 5.73 Å². The average Bonchev–Trinajstić information content (AvgIpc) is 2.69. The fourth-order valence-corrected chi connectivity index (χ4v) is 3.25. The molecule has 1 aliphatic heterocycles. The lowest BCUT2D eigenvalue weighted by Crippen LogP contribution is -2.53. The van der Waals surface area contributed by atoms with Gasteiger partial charge in [0.1, 0.15) is 0 Å². The molecule has 0 amide bonds. The van der Waals surface area contributed by atoms with Gasteiger partial charge in [0.25, 0.3) is 0 Å².